The van der Waals surface area contributed by atoms with Gasteiger partial charge in [-0.25, -0.2) is 0 Å². The third-order valence-electron chi connectivity index (χ3n) is 4.17. The fourth-order valence-electron chi connectivity index (χ4n) is 2.71. The molecule has 0 spiro atoms. The summed E-state index contributed by atoms with van der Waals surface area (Å²) in [7, 11) is 1.63. The van der Waals surface area contributed by atoms with E-state index < -0.39 is 0 Å². The molecule has 1 aliphatic heterocycles. The predicted molar refractivity (Wildman–Crippen MR) is 74.5 cm³/mol. The van der Waals surface area contributed by atoms with Gasteiger partial charge in [0.1, 0.15) is 13.2 Å². The lowest BCUT2D eigenvalue weighted by Gasteiger charge is -2.41. The molecule has 2 N–H and O–H groups in total. The van der Waals surface area contributed by atoms with E-state index in [-0.39, 0.29) is 12.1 Å². The monoisotopic (exact) mass is 279 g/mol. The minimum absolute atomic E-state index is 0.0967. The van der Waals surface area contributed by atoms with Crippen molar-refractivity contribution in [2.75, 3.05) is 26.9 Å². The van der Waals surface area contributed by atoms with Gasteiger partial charge < -0.3 is 24.6 Å². The summed E-state index contributed by atoms with van der Waals surface area (Å²) in [6.45, 7) is 1.99. The van der Waals surface area contributed by atoms with Crippen LogP contribution in [0.2, 0.25) is 0 Å². The molecular weight excluding hydrogens is 258 g/mol. The first-order valence-corrected chi connectivity index (χ1v) is 7.09. The van der Waals surface area contributed by atoms with Gasteiger partial charge in [-0.05, 0) is 37.0 Å². The number of methoxy groups -OCH3 is 1. The SMILES string of the molecule is COc1cc(CNC2(CO)CCC2)cc2c1OCCO2. The molecule has 0 bridgehead atoms. The van der Waals surface area contributed by atoms with E-state index in [1.54, 1.807) is 7.11 Å². The molecule has 1 aliphatic carbocycles. The van der Waals surface area contributed by atoms with Crippen molar-refractivity contribution in [3.8, 4) is 17.2 Å². The Labute approximate surface area is 118 Å². The molecule has 0 amide bonds. The molecule has 110 valence electrons. The van der Waals surface area contributed by atoms with Crippen LogP contribution in [-0.2, 0) is 6.54 Å². The van der Waals surface area contributed by atoms with Gasteiger partial charge in [0.25, 0.3) is 0 Å². The number of hydrogen-bond donors (Lipinski definition) is 2. The van der Waals surface area contributed by atoms with E-state index in [9.17, 15) is 5.11 Å². The van der Waals surface area contributed by atoms with E-state index in [1.807, 2.05) is 12.1 Å². The van der Waals surface area contributed by atoms with E-state index in [2.05, 4.69) is 5.32 Å². The van der Waals surface area contributed by atoms with Crippen molar-refractivity contribution in [3.05, 3.63) is 17.7 Å². The highest BCUT2D eigenvalue weighted by Gasteiger charge is 2.35. The molecule has 0 atom stereocenters. The first-order valence-electron chi connectivity index (χ1n) is 7.09. The van der Waals surface area contributed by atoms with Gasteiger partial charge in [0.2, 0.25) is 5.75 Å². The van der Waals surface area contributed by atoms with Crippen LogP contribution in [-0.4, -0.2) is 37.6 Å². The highest BCUT2D eigenvalue weighted by Crippen LogP contribution is 2.40. The fraction of sp³-hybridized carbons (Fsp3) is 0.600. The standard InChI is InChI=1S/C15H21NO4/c1-18-12-7-11(8-13-14(12)20-6-5-19-13)9-16-15(10-17)3-2-4-15/h7-8,16-17H,2-6,9-10H2,1H3. The summed E-state index contributed by atoms with van der Waals surface area (Å²) in [6.07, 6.45) is 3.24. The first-order chi connectivity index (χ1) is 9.76. The van der Waals surface area contributed by atoms with Crippen molar-refractivity contribution in [2.45, 2.75) is 31.3 Å². The minimum Gasteiger partial charge on any atom is -0.493 e. The van der Waals surface area contributed by atoms with Crippen molar-refractivity contribution < 1.29 is 19.3 Å². The molecule has 0 saturated heterocycles. The van der Waals surface area contributed by atoms with Gasteiger partial charge in [0.05, 0.1) is 13.7 Å². The van der Waals surface area contributed by atoms with Crippen molar-refractivity contribution in [3.63, 3.8) is 0 Å². The average molecular weight is 279 g/mol. The van der Waals surface area contributed by atoms with Crippen LogP contribution in [0.15, 0.2) is 12.1 Å². The molecule has 5 nitrogen and oxygen atoms in total. The largest absolute Gasteiger partial charge is 0.493 e. The number of fused-ring (bicyclic) bond motifs is 1. The van der Waals surface area contributed by atoms with Gasteiger partial charge in [0.15, 0.2) is 11.5 Å². The Kier molecular flexibility index (Phi) is 3.72. The second-order valence-corrected chi connectivity index (χ2v) is 5.47. The number of aliphatic hydroxyl groups is 1. The number of nitrogens with one attached hydrogen (secondary N) is 1. The topological polar surface area (TPSA) is 60.0 Å². The van der Waals surface area contributed by atoms with Crippen LogP contribution in [0.3, 0.4) is 0 Å². The Hall–Kier alpha value is -1.46. The maximum Gasteiger partial charge on any atom is 0.203 e. The van der Waals surface area contributed by atoms with Crippen LogP contribution in [0, 0.1) is 0 Å². The predicted octanol–water partition coefficient (Wildman–Crippen LogP) is 1.47. The quantitative estimate of drug-likeness (QED) is 0.855. The van der Waals surface area contributed by atoms with Crippen LogP contribution < -0.4 is 19.5 Å². The molecule has 1 saturated carbocycles. The van der Waals surface area contributed by atoms with E-state index in [1.165, 1.54) is 6.42 Å². The summed E-state index contributed by atoms with van der Waals surface area (Å²) in [6, 6.07) is 3.94. The summed E-state index contributed by atoms with van der Waals surface area (Å²) in [4.78, 5) is 0. The summed E-state index contributed by atoms with van der Waals surface area (Å²) in [5.74, 6) is 2.12. The highest BCUT2D eigenvalue weighted by atomic mass is 16.6. The molecule has 5 heteroatoms. The summed E-state index contributed by atoms with van der Waals surface area (Å²) < 4.78 is 16.6. The fourth-order valence-corrected chi connectivity index (χ4v) is 2.71. The lowest BCUT2D eigenvalue weighted by Crippen LogP contribution is -2.53. The summed E-state index contributed by atoms with van der Waals surface area (Å²) >= 11 is 0. The zero-order chi connectivity index (χ0) is 14.0. The van der Waals surface area contributed by atoms with Crippen LogP contribution in [0.1, 0.15) is 24.8 Å². The van der Waals surface area contributed by atoms with Crippen LogP contribution in [0.4, 0.5) is 0 Å². The maximum absolute atomic E-state index is 9.48. The number of aliphatic hydroxyl groups excluding tert-OH is 1. The molecule has 1 fully saturated rings. The van der Waals surface area contributed by atoms with Crippen LogP contribution >= 0.6 is 0 Å². The van der Waals surface area contributed by atoms with E-state index in [0.29, 0.717) is 31.3 Å². The van der Waals surface area contributed by atoms with Crippen molar-refractivity contribution in [1.29, 1.82) is 0 Å². The van der Waals surface area contributed by atoms with Gasteiger partial charge in [-0.1, -0.05) is 0 Å². The van der Waals surface area contributed by atoms with Gasteiger partial charge in [0, 0.05) is 12.1 Å². The van der Waals surface area contributed by atoms with Crippen molar-refractivity contribution >= 4 is 0 Å². The zero-order valence-corrected chi connectivity index (χ0v) is 11.8. The normalized spacial score (nSPS) is 19.3. The summed E-state index contributed by atoms with van der Waals surface area (Å²) in [5.41, 5.74) is 0.978. The molecule has 2 aliphatic rings. The van der Waals surface area contributed by atoms with E-state index >= 15 is 0 Å². The van der Waals surface area contributed by atoms with Gasteiger partial charge in [-0.3, -0.25) is 0 Å². The van der Waals surface area contributed by atoms with Gasteiger partial charge in [-0.15, -0.1) is 0 Å². The molecule has 1 aromatic rings. The van der Waals surface area contributed by atoms with Crippen LogP contribution in [0.5, 0.6) is 17.2 Å². The third kappa shape index (κ3) is 2.43. The molecular formula is C15H21NO4. The first kappa shape index (κ1) is 13.5. The Morgan fingerprint density at radius 2 is 2.10 bits per heavy atom. The zero-order valence-electron chi connectivity index (χ0n) is 11.8. The third-order valence-corrected chi connectivity index (χ3v) is 4.17. The van der Waals surface area contributed by atoms with Crippen molar-refractivity contribution in [1.82, 2.24) is 5.32 Å². The average Bonchev–Trinajstić information content (AvgIpc) is 2.45. The second kappa shape index (κ2) is 5.50. The lowest BCUT2D eigenvalue weighted by molar-refractivity contribution is 0.0871. The number of benzene rings is 1. The smallest absolute Gasteiger partial charge is 0.203 e. The van der Waals surface area contributed by atoms with Gasteiger partial charge in [-0.2, -0.15) is 0 Å². The Morgan fingerprint density at radius 1 is 1.30 bits per heavy atom. The Morgan fingerprint density at radius 3 is 2.75 bits per heavy atom. The molecule has 1 aromatic carbocycles. The molecule has 0 radical (unpaired) electrons. The Bertz CT molecular complexity index is 462. The number of hydrogen-bond acceptors (Lipinski definition) is 5. The molecule has 1 heterocycles. The maximum atomic E-state index is 9.48. The lowest BCUT2D eigenvalue weighted by atomic mass is 9.77. The number of ether oxygens (including phenoxy) is 3. The molecule has 0 aromatic heterocycles. The van der Waals surface area contributed by atoms with E-state index in [4.69, 9.17) is 14.2 Å². The molecule has 0 unspecified atom stereocenters. The van der Waals surface area contributed by atoms with E-state index in [0.717, 1.165) is 24.2 Å². The number of rotatable bonds is 5. The molecule has 3 rings (SSSR count). The summed E-state index contributed by atoms with van der Waals surface area (Å²) in [5, 5.41) is 12.9. The Balaban J connectivity index is 1.76. The minimum atomic E-state index is -0.0967. The molecule has 20 heavy (non-hydrogen) atoms. The second-order valence-electron chi connectivity index (χ2n) is 5.47. The highest BCUT2D eigenvalue weighted by molar-refractivity contribution is 5.54. The van der Waals surface area contributed by atoms with Crippen LogP contribution in [0.25, 0.3) is 0 Å². The van der Waals surface area contributed by atoms with Gasteiger partial charge >= 0.3 is 0 Å². The van der Waals surface area contributed by atoms with Crippen molar-refractivity contribution in [2.24, 2.45) is 0 Å².